The van der Waals surface area contributed by atoms with Crippen LogP contribution < -0.4 is 5.32 Å². The van der Waals surface area contributed by atoms with Gasteiger partial charge in [-0.1, -0.05) is 69.4 Å². The summed E-state index contributed by atoms with van der Waals surface area (Å²) in [6.07, 6.45) is 7.47. The molecule has 1 unspecified atom stereocenters. The number of thiocarbonyl (C=S) groups is 1. The number of aliphatic hydroxyl groups excluding tert-OH is 1. The van der Waals surface area contributed by atoms with Crippen molar-refractivity contribution in [3.8, 4) is 0 Å². The van der Waals surface area contributed by atoms with E-state index in [2.05, 4.69) is 36.5 Å². The monoisotopic (exact) mass is 322 g/mol. The van der Waals surface area contributed by atoms with Crippen molar-refractivity contribution in [3.05, 3.63) is 35.9 Å². The van der Waals surface area contributed by atoms with Crippen LogP contribution in [0.2, 0.25) is 0 Å². The molecule has 0 saturated heterocycles. The lowest BCUT2D eigenvalue weighted by atomic mass is 10.00. The third kappa shape index (κ3) is 7.23. The predicted molar refractivity (Wildman–Crippen MR) is 98.0 cm³/mol. The van der Waals surface area contributed by atoms with Gasteiger partial charge in [-0.2, -0.15) is 0 Å². The first-order valence-electron chi connectivity index (χ1n) is 8.36. The van der Waals surface area contributed by atoms with E-state index in [1.165, 1.54) is 37.7 Å². The van der Waals surface area contributed by atoms with E-state index in [-0.39, 0.29) is 12.6 Å². The Morgan fingerprint density at radius 3 is 2.50 bits per heavy atom. The standard InChI is InChI=1S/C18H30N2OS/c1-3-4-5-6-10-13-17(16-11-8-7-9-12-16)19-18(22)20(2)14-15-21/h7-9,11-12,17,21H,3-6,10,13-15H2,1-2H3,(H,19,22). The number of hydrogen-bond acceptors (Lipinski definition) is 2. The van der Waals surface area contributed by atoms with Gasteiger partial charge in [-0.25, -0.2) is 0 Å². The van der Waals surface area contributed by atoms with Gasteiger partial charge in [-0.15, -0.1) is 0 Å². The highest BCUT2D eigenvalue weighted by molar-refractivity contribution is 7.80. The summed E-state index contributed by atoms with van der Waals surface area (Å²) < 4.78 is 0. The largest absolute Gasteiger partial charge is 0.395 e. The second kappa shape index (κ2) is 11.4. The van der Waals surface area contributed by atoms with Crippen LogP contribution in [0.25, 0.3) is 0 Å². The van der Waals surface area contributed by atoms with E-state index >= 15 is 0 Å². The maximum atomic E-state index is 9.03. The first kappa shape index (κ1) is 18.9. The van der Waals surface area contributed by atoms with Gasteiger partial charge in [-0.3, -0.25) is 0 Å². The molecular weight excluding hydrogens is 292 g/mol. The molecule has 0 radical (unpaired) electrons. The summed E-state index contributed by atoms with van der Waals surface area (Å²) in [5, 5.41) is 13.2. The molecule has 4 heteroatoms. The Kier molecular flexibility index (Phi) is 9.84. The topological polar surface area (TPSA) is 35.5 Å². The van der Waals surface area contributed by atoms with E-state index in [4.69, 9.17) is 17.3 Å². The van der Waals surface area contributed by atoms with Gasteiger partial charge in [0.05, 0.1) is 12.6 Å². The van der Waals surface area contributed by atoms with E-state index in [9.17, 15) is 0 Å². The number of rotatable bonds is 10. The van der Waals surface area contributed by atoms with Crippen LogP contribution in [-0.4, -0.2) is 35.3 Å². The minimum Gasteiger partial charge on any atom is -0.395 e. The minimum absolute atomic E-state index is 0.116. The minimum atomic E-state index is 0.116. The third-order valence-corrected chi connectivity index (χ3v) is 4.31. The Hall–Kier alpha value is -1.13. The second-order valence-electron chi connectivity index (χ2n) is 5.76. The molecule has 1 atom stereocenters. The van der Waals surface area contributed by atoms with Crippen LogP contribution in [0.3, 0.4) is 0 Å². The van der Waals surface area contributed by atoms with Crippen LogP contribution in [0, 0.1) is 0 Å². The zero-order chi connectivity index (χ0) is 16.2. The van der Waals surface area contributed by atoms with Crippen molar-refractivity contribution >= 4 is 17.3 Å². The van der Waals surface area contributed by atoms with Crippen LogP contribution >= 0.6 is 12.2 Å². The number of nitrogens with one attached hydrogen (secondary N) is 1. The van der Waals surface area contributed by atoms with Gasteiger partial charge in [0, 0.05) is 13.6 Å². The lowest BCUT2D eigenvalue weighted by molar-refractivity contribution is 0.262. The molecule has 1 aromatic carbocycles. The Morgan fingerprint density at radius 2 is 1.86 bits per heavy atom. The molecule has 0 saturated carbocycles. The summed E-state index contributed by atoms with van der Waals surface area (Å²) in [5.74, 6) is 0. The number of unbranched alkanes of at least 4 members (excludes halogenated alkanes) is 4. The number of benzene rings is 1. The summed E-state index contributed by atoms with van der Waals surface area (Å²) in [6, 6.07) is 10.7. The van der Waals surface area contributed by atoms with Crippen LogP contribution in [0.5, 0.6) is 0 Å². The second-order valence-corrected chi connectivity index (χ2v) is 6.15. The van der Waals surface area contributed by atoms with E-state index < -0.39 is 0 Å². The van der Waals surface area contributed by atoms with Crippen molar-refractivity contribution in [2.45, 2.75) is 51.5 Å². The van der Waals surface area contributed by atoms with E-state index in [0.29, 0.717) is 11.7 Å². The fourth-order valence-electron chi connectivity index (χ4n) is 2.47. The fourth-order valence-corrected chi connectivity index (χ4v) is 2.70. The lowest BCUT2D eigenvalue weighted by Crippen LogP contribution is -2.40. The average molecular weight is 323 g/mol. The number of nitrogens with zero attached hydrogens (tertiary/aromatic N) is 1. The molecule has 0 fully saturated rings. The van der Waals surface area contributed by atoms with Crippen LogP contribution in [0.1, 0.15) is 57.1 Å². The highest BCUT2D eigenvalue weighted by atomic mass is 32.1. The third-order valence-electron chi connectivity index (χ3n) is 3.88. The lowest BCUT2D eigenvalue weighted by Gasteiger charge is -2.26. The molecule has 0 amide bonds. The van der Waals surface area contributed by atoms with Crippen molar-refractivity contribution in [1.82, 2.24) is 10.2 Å². The molecule has 0 aliphatic carbocycles. The zero-order valence-electron chi connectivity index (χ0n) is 13.9. The Bertz CT molecular complexity index is 411. The summed E-state index contributed by atoms with van der Waals surface area (Å²) in [7, 11) is 1.91. The van der Waals surface area contributed by atoms with Crippen LogP contribution in [0.15, 0.2) is 30.3 Å². The van der Waals surface area contributed by atoms with Gasteiger partial charge in [-0.05, 0) is 24.2 Å². The molecular formula is C18H30N2OS. The molecule has 0 heterocycles. The van der Waals surface area contributed by atoms with E-state index in [1.54, 1.807) is 0 Å². The molecule has 0 aliphatic heterocycles. The maximum absolute atomic E-state index is 9.03. The van der Waals surface area contributed by atoms with Gasteiger partial charge in [0.25, 0.3) is 0 Å². The van der Waals surface area contributed by atoms with Gasteiger partial charge in [0.2, 0.25) is 0 Å². The van der Waals surface area contributed by atoms with Crippen molar-refractivity contribution in [3.63, 3.8) is 0 Å². The number of hydrogen-bond donors (Lipinski definition) is 2. The highest BCUT2D eigenvalue weighted by Crippen LogP contribution is 2.20. The molecule has 2 N–H and O–H groups in total. The van der Waals surface area contributed by atoms with Crippen LogP contribution in [0.4, 0.5) is 0 Å². The number of aliphatic hydroxyl groups is 1. The molecule has 1 rings (SSSR count). The molecule has 3 nitrogen and oxygen atoms in total. The van der Waals surface area contributed by atoms with Crippen LogP contribution in [-0.2, 0) is 0 Å². The molecule has 124 valence electrons. The molecule has 0 aromatic heterocycles. The number of likely N-dealkylation sites (N-methyl/N-ethyl adjacent to an activating group) is 1. The summed E-state index contributed by atoms with van der Waals surface area (Å²) >= 11 is 5.44. The first-order valence-corrected chi connectivity index (χ1v) is 8.77. The van der Waals surface area contributed by atoms with Gasteiger partial charge < -0.3 is 15.3 Å². The van der Waals surface area contributed by atoms with Crippen molar-refractivity contribution in [2.24, 2.45) is 0 Å². The van der Waals surface area contributed by atoms with Crippen molar-refractivity contribution in [2.75, 3.05) is 20.2 Å². The summed E-state index contributed by atoms with van der Waals surface area (Å²) in [5.41, 5.74) is 1.28. The maximum Gasteiger partial charge on any atom is 0.169 e. The fraction of sp³-hybridized carbons (Fsp3) is 0.611. The van der Waals surface area contributed by atoms with Gasteiger partial charge in [0.15, 0.2) is 5.11 Å². The summed E-state index contributed by atoms with van der Waals surface area (Å²) in [6.45, 7) is 2.92. The molecule has 1 aromatic rings. The first-order chi connectivity index (χ1) is 10.7. The average Bonchev–Trinajstić information content (AvgIpc) is 2.54. The van der Waals surface area contributed by atoms with Crippen molar-refractivity contribution < 1.29 is 5.11 Å². The highest BCUT2D eigenvalue weighted by Gasteiger charge is 2.14. The predicted octanol–water partition coefficient (Wildman–Crippen LogP) is 3.89. The van der Waals surface area contributed by atoms with E-state index in [0.717, 1.165) is 6.42 Å². The Morgan fingerprint density at radius 1 is 1.18 bits per heavy atom. The smallest absolute Gasteiger partial charge is 0.169 e. The molecule has 0 bridgehead atoms. The van der Waals surface area contributed by atoms with Gasteiger partial charge >= 0.3 is 0 Å². The van der Waals surface area contributed by atoms with E-state index in [1.807, 2.05) is 18.0 Å². The molecule has 0 spiro atoms. The normalized spacial score (nSPS) is 12.0. The Balaban J connectivity index is 2.57. The summed E-state index contributed by atoms with van der Waals surface area (Å²) in [4.78, 5) is 1.89. The molecule has 22 heavy (non-hydrogen) atoms. The Labute approximate surface area is 140 Å². The zero-order valence-corrected chi connectivity index (χ0v) is 14.7. The molecule has 0 aliphatic rings. The quantitative estimate of drug-likeness (QED) is 0.506. The SMILES string of the molecule is CCCCCCCC(NC(=S)N(C)CCO)c1ccccc1. The van der Waals surface area contributed by atoms with Gasteiger partial charge in [0.1, 0.15) is 0 Å². The van der Waals surface area contributed by atoms with Crippen molar-refractivity contribution in [1.29, 1.82) is 0 Å².